The summed E-state index contributed by atoms with van der Waals surface area (Å²) in [5.74, 6) is -1.03. The van der Waals surface area contributed by atoms with Crippen LogP contribution in [0.1, 0.15) is 51.9 Å². The topological polar surface area (TPSA) is 100 Å². The standard InChI is InChI=1S/C26H29FN6O3/c1-2-31(15-10-24(34)29-17-19-8-11-28-12-9-19)25(35)22-16-23-26(36)32(13-3-14-33(23)30-22)18-20-4-6-21(27)7-5-20/h4-9,11-12,16H,2-3,10,13-15,17-18H2,1H3,(H,29,34). The lowest BCUT2D eigenvalue weighted by molar-refractivity contribution is -0.121. The monoisotopic (exact) mass is 492 g/mol. The number of nitrogens with zero attached hydrogens (tertiary/aromatic N) is 5. The van der Waals surface area contributed by atoms with Crippen LogP contribution < -0.4 is 5.32 Å². The van der Waals surface area contributed by atoms with Crippen molar-refractivity contribution in [1.82, 2.24) is 29.9 Å². The largest absolute Gasteiger partial charge is 0.352 e. The number of nitrogens with one attached hydrogen (secondary N) is 1. The van der Waals surface area contributed by atoms with E-state index in [0.717, 1.165) is 11.1 Å². The van der Waals surface area contributed by atoms with Crippen molar-refractivity contribution in [3.05, 3.63) is 83.2 Å². The molecule has 0 bridgehead atoms. The van der Waals surface area contributed by atoms with Crippen molar-refractivity contribution in [3.63, 3.8) is 0 Å². The molecule has 1 aliphatic rings. The normalized spacial score (nSPS) is 13.2. The van der Waals surface area contributed by atoms with Gasteiger partial charge in [0.2, 0.25) is 5.91 Å². The molecule has 3 aromatic rings. The number of fused-ring (bicyclic) bond motifs is 1. The van der Waals surface area contributed by atoms with Gasteiger partial charge in [-0.1, -0.05) is 12.1 Å². The molecule has 4 rings (SSSR count). The zero-order valence-electron chi connectivity index (χ0n) is 20.2. The number of hydrogen-bond donors (Lipinski definition) is 1. The van der Waals surface area contributed by atoms with Crippen LogP contribution in [-0.2, 0) is 24.4 Å². The van der Waals surface area contributed by atoms with E-state index in [1.54, 1.807) is 39.0 Å². The minimum atomic E-state index is -0.325. The van der Waals surface area contributed by atoms with Crippen molar-refractivity contribution in [3.8, 4) is 0 Å². The fourth-order valence-corrected chi connectivity index (χ4v) is 4.09. The first kappa shape index (κ1) is 25.0. The van der Waals surface area contributed by atoms with Crippen LogP contribution in [0.15, 0.2) is 54.9 Å². The van der Waals surface area contributed by atoms with Gasteiger partial charge in [0.05, 0.1) is 0 Å². The van der Waals surface area contributed by atoms with Crippen molar-refractivity contribution < 1.29 is 18.8 Å². The van der Waals surface area contributed by atoms with Crippen LogP contribution >= 0.6 is 0 Å². The van der Waals surface area contributed by atoms with E-state index in [0.29, 0.717) is 44.8 Å². The van der Waals surface area contributed by atoms with Gasteiger partial charge in [0.1, 0.15) is 11.5 Å². The number of halogens is 1. The molecule has 3 amide bonds. The smallest absolute Gasteiger partial charge is 0.274 e. The number of pyridine rings is 1. The fraction of sp³-hybridized carbons (Fsp3) is 0.346. The van der Waals surface area contributed by atoms with Gasteiger partial charge in [-0.25, -0.2) is 4.39 Å². The van der Waals surface area contributed by atoms with E-state index in [1.165, 1.54) is 18.2 Å². The van der Waals surface area contributed by atoms with Crippen LogP contribution in [0.4, 0.5) is 4.39 Å². The van der Waals surface area contributed by atoms with Crippen molar-refractivity contribution >= 4 is 17.7 Å². The van der Waals surface area contributed by atoms with E-state index >= 15 is 0 Å². The Labute approximate surface area is 208 Å². The Hall–Kier alpha value is -4.08. The predicted octanol–water partition coefficient (Wildman–Crippen LogP) is 2.63. The third-order valence-corrected chi connectivity index (χ3v) is 6.11. The van der Waals surface area contributed by atoms with E-state index in [1.807, 2.05) is 19.1 Å². The van der Waals surface area contributed by atoms with E-state index in [-0.39, 0.29) is 42.2 Å². The fourth-order valence-electron chi connectivity index (χ4n) is 4.09. The van der Waals surface area contributed by atoms with E-state index in [2.05, 4.69) is 15.4 Å². The Bertz CT molecular complexity index is 1210. The van der Waals surface area contributed by atoms with E-state index in [9.17, 15) is 18.8 Å². The Kier molecular flexibility index (Phi) is 8.04. The van der Waals surface area contributed by atoms with Crippen LogP contribution in [0.2, 0.25) is 0 Å². The van der Waals surface area contributed by atoms with Gasteiger partial charge in [-0.3, -0.25) is 24.0 Å². The second-order valence-corrected chi connectivity index (χ2v) is 8.61. The van der Waals surface area contributed by atoms with Crippen LogP contribution in [0.5, 0.6) is 0 Å². The minimum Gasteiger partial charge on any atom is -0.352 e. The molecule has 0 atom stereocenters. The van der Waals surface area contributed by atoms with E-state index in [4.69, 9.17) is 0 Å². The van der Waals surface area contributed by atoms with Crippen molar-refractivity contribution in [1.29, 1.82) is 0 Å². The predicted molar refractivity (Wildman–Crippen MR) is 130 cm³/mol. The molecule has 0 fully saturated rings. The van der Waals surface area contributed by atoms with Crippen molar-refractivity contribution in [2.45, 2.75) is 39.4 Å². The molecule has 1 N–H and O–H groups in total. The van der Waals surface area contributed by atoms with Gasteiger partial charge in [0.25, 0.3) is 11.8 Å². The van der Waals surface area contributed by atoms with Crippen LogP contribution in [0, 0.1) is 5.82 Å². The number of aryl methyl sites for hydroxylation is 1. The molecule has 0 saturated heterocycles. The summed E-state index contributed by atoms with van der Waals surface area (Å²) in [7, 11) is 0. The molecule has 0 unspecified atom stereocenters. The molecule has 36 heavy (non-hydrogen) atoms. The van der Waals surface area contributed by atoms with Gasteiger partial charge in [-0.2, -0.15) is 5.10 Å². The average Bonchev–Trinajstić information content (AvgIpc) is 3.27. The van der Waals surface area contributed by atoms with E-state index < -0.39 is 0 Å². The Balaban J connectivity index is 1.37. The molecule has 1 aromatic carbocycles. The minimum absolute atomic E-state index is 0.155. The van der Waals surface area contributed by atoms with Crippen molar-refractivity contribution in [2.75, 3.05) is 19.6 Å². The summed E-state index contributed by atoms with van der Waals surface area (Å²) >= 11 is 0. The Morgan fingerprint density at radius 3 is 2.56 bits per heavy atom. The number of amides is 3. The second-order valence-electron chi connectivity index (χ2n) is 8.61. The number of carbonyl (C=O) groups is 3. The summed E-state index contributed by atoms with van der Waals surface area (Å²) in [6.07, 6.45) is 4.17. The average molecular weight is 493 g/mol. The molecule has 1 aliphatic heterocycles. The number of carbonyl (C=O) groups excluding carboxylic acids is 3. The van der Waals surface area contributed by atoms with Gasteiger partial charge in [0, 0.05) is 64.1 Å². The number of benzene rings is 1. The van der Waals surface area contributed by atoms with Crippen LogP contribution in [0.3, 0.4) is 0 Å². The molecule has 0 radical (unpaired) electrons. The SMILES string of the molecule is CCN(CCC(=O)NCc1ccncc1)C(=O)c1cc2n(n1)CCCN(Cc1ccc(F)cc1)C2=O. The molecular weight excluding hydrogens is 463 g/mol. The van der Waals surface area contributed by atoms with Crippen LogP contribution in [0.25, 0.3) is 0 Å². The number of hydrogen-bond acceptors (Lipinski definition) is 5. The Morgan fingerprint density at radius 1 is 1.08 bits per heavy atom. The first-order valence-electron chi connectivity index (χ1n) is 12.0. The molecular formula is C26H29FN6O3. The number of aromatic nitrogens is 3. The zero-order valence-corrected chi connectivity index (χ0v) is 20.2. The van der Waals surface area contributed by atoms with Gasteiger partial charge in [-0.05, 0) is 48.7 Å². The highest BCUT2D eigenvalue weighted by Gasteiger charge is 2.28. The second kappa shape index (κ2) is 11.6. The maximum absolute atomic E-state index is 13.2. The highest BCUT2D eigenvalue weighted by molar-refractivity contribution is 5.98. The summed E-state index contributed by atoms with van der Waals surface area (Å²) in [5.41, 5.74) is 2.30. The molecule has 188 valence electrons. The molecule has 2 aromatic heterocycles. The van der Waals surface area contributed by atoms with Crippen LogP contribution in [-0.4, -0.2) is 61.9 Å². The maximum Gasteiger partial charge on any atom is 0.274 e. The van der Waals surface area contributed by atoms with Gasteiger partial charge < -0.3 is 15.1 Å². The lowest BCUT2D eigenvalue weighted by Gasteiger charge is -2.20. The lowest BCUT2D eigenvalue weighted by atomic mass is 10.2. The molecule has 9 nitrogen and oxygen atoms in total. The highest BCUT2D eigenvalue weighted by Crippen LogP contribution is 2.18. The summed E-state index contributed by atoms with van der Waals surface area (Å²) in [6, 6.07) is 11.2. The highest BCUT2D eigenvalue weighted by atomic mass is 19.1. The molecule has 0 saturated carbocycles. The molecule has 10 heteroatoms. The maximum atomic E-state index is 13.2. The molecule has 0 aliphatic carbocycles. The summed E-state index contributed by atoms with van der Waals surface area (Å²) in [5, 5.41) is 7.25. The Morgan fingerprint density at radius 2 is 1.83 bits per heavy atom. The van der Waals surface area contributed by atoms with Crippen molar-refractivity contribution in [2.24, 2.45) is 0 Å². The quantitative estimate of drug-likeness (QED) is 0.495. The summed E-state index contributed by atoms with van der Waals surface area (Å²) < 4.78 is 14.8. The first-order chi connectivity index (χ1) is 17.4. The first-order valence-corrected chi connectivity index (χ1v) is 12.0. The summed E-state index contributed by atoms with van der Waals surface area (Å²) in [4.78, 5) is 45.8. The molecule has 0 spiro atoms. The lowest BCUT2D eigenvalue weighted by Crippen LogP contribution is -2.35. The van der Waals surface area contributed by atoms with Gasteiger partial charge in [-0.15, -0.1) is 0 Å². The third-order valence-electron chi connectivity index (χ3n) is 6.11. The van der Waals surface area contributed by atoms with Gasteiger partial charge >= 0.3 is 0 Å². The number of rotatable bonds is 9. The summed E-state index contributed by atoms with van der Waals surface area (Å²) in [6.45, 7) is 4.28. The molecule has 3 heterocycles. The third kappa shape index (κ3) is 6.12. The van der Waals surface area contributed by atoms with Gasteiger partial charge in [0.15, 0.2) is 5.69 Å². The zero-order chi connectivity index (χ0) is 25.5.